The molecule has 0 saturated heterocycles. The van der Waals surface area contributed by atoms with E-state index in [1.807, 2.05) is 12.1 Å². The third kappa shape index (κ3) is 2.29. The zero-order chi connectivity index (χ0) is 14.2. The van der Waals surface area contributed by atoms with Gasteiger partial charge in [-0.3, -0.25) is 0 Å². The monoisotopic (exact) mass is 265 g/mol. The highest BCUT2D eigenvalue weighted by atomic mass is 16.5. The van der Waals surface area contributed by atoms with E-state index < -0.39 is 0 Å². The molecule has 1 aliphatic heterocycles. The molecule has 2 nitrogen and oxygen atoms in total. The topological polar surface area (TPSA) is 21.3 Å². The maximum absolute atomic E-state index is 5.33. The summed E-state index contributed by atoms with van der Waals surface area (Å²) >= 11 is 0. The summed E-state index contributed by atoms with van der Waals surface area (Å²) in [6.07, 6.45) is 2.29. The van der Waals surface area contributed by atoms with Gasteiger partial charge in [0, 0.05) is 17.3 Å². The van der Waals surface area contributed by atoms with Crippen molar-refractivity contribution in [2.24, 2.45) is 0 Å². The fourth-order valence-electron chi connectivity index (χ4n) is 2.67. The molecule has 0 fully saturated rings. The van der Waals surface area contributed by atoms with E-state index in [0.717, 1.165) is 11.4 Å². The van der Waals surface area contributed by atoms with E-state index in [0.29, 0.717) is 0 Å². The molecule has 20 heavy (non-hydrogen) atoms. The average molecular weight is 265 g/mol. The Morgan fingerprint density at radius 2 is 1.75 bits per heavy atom. The van der Waals surface area contributed by atoms with Gasteiger partial charge < -0.3 is 10.1 Å². The number of benzene rings is 2. The maximum Gasteiger partial charge on any atom is 0.120 e. The van der Waals surface area contributed by atoms with Crippen molar-refractivity contribution in [1.29, 1.82) is 0 Å². The number of nitrogens with one attached hydrogen (secondary N) is 1. The standard InChI is InChI=1S/C18H19NO/c1-18(2)12-16(13-7-5-4-6-8-13)15-10-9-14(20-3)11-17(15)19-18/h4-12,19H,1-3H3. The van der Waals surface area contributed by atoms with Crippen molar-refractivity contribution in [3.8, 4) is 5.75 Å². The van der Waals surface area contributed by atoms with Crippen molar-refractivity contribution < 1.29 is 4.74 Å². The zero-order valence-corrected chi connectivity index (χ0v) is 12.1. The molecule has 2 aromatic rings. The molecule has 102 valence electrons. The zero-order valence-electron chi connectivity index (χ0n) is 12.1. The number of hydrogen-bond donors (Lipinski definition) is 1. The predicted octanol–water partition coefficient (Wildman–Crippen LogP) is 4.33. The lowest BCUT2D eigenvalue weighted by atomic mass is 9.87. The van der Waals surface area contributed by atoms with Crippen LogP contribution in [-0.4, -0.2) is 12.6 Å². The molecule has 0 bridgehead atoms. The molecule has 0 atom stereocenters. The number of hydrogen-bond acceptors (Lipinski definition) is 2. The molecular formula is C18H19NO. The van der Waals surface area contributed by atoms with Gasteiger partial charge in [-0.1, -0.05) is 36.4 Å². The number of anilines is 1. The molecular weight excluding hydrogens is 246 g/mol. The Balaban J connectivity index is 2.17. The van der Waals surface area contributed by atoms with Crippen molar-refractivity contribution in [3.63, 3.8) is 0 Å². The summed E-state index contributed by atoms with van der Waals surface area (Å²) in [5, 5.41) is 3.55. The molecule has 0 amide bonds. The van der Waals surface area contributed by atoms with Gasteiger partial charge in [-0.2, -0.15) is 0 Å². The van der Waals surface area contributed by atoms with Gasteiger partial charge in [0.1, 0.15) is 5.75 Å². The van der Waals surface area contributed by atoms with E-state index in [1.54, 1.807) is 7.11 Å². The highest BCUT2D eigenvalue weighted by molar-refractivity contribution is 5.90. The summed E-state index contributed by atoms with van der Waals surface area (Å²) in [7, 11) is 1.70. The van der Waals surface area contributed by atoms with Gasteiger partial charge in [0.2, 0.25) is 0 Å². The fraction of sp³-hybridized carbons (Fsp3) is 0.222. The van der Waals surface area contributed by atoms with Crippen LogP contribution in [0.1, 0.15) is 25.0 Å². The van der Waals surface area contributed by atoms with Gasteiger partial charge in [0.25, 0.3) is 0 Å². The van der Waals surface area contributed by atoms with Gasteiger partial charge in [0.05, 0.1) is 12.6 Å². The summed E-state index contributed by atoms with van der Waals surface area (Å²) in [6, 6.07) is 16.7. The Bertz CT molecular complexity index is 656. The van der Waals surface area contributed by atoms with Crippen molar-refractivity contribution >= 4 is 11.3 Å². The van der Waals surface area contributed by atoms with Crippen LogP contribution in [0.2, 0.25) is 0 Å². The second kappa shape index (κ2) is 4.71. The van der Waals surface area contributed by atoms with Gasteiger partial charge in [-0.05, 0) is 37.1 Å². The molecule has 2 aromatic carbocycles. The predicted molar refractivity (Wildman–Crippen MR) is 84.2 cm³/mol. The van der Waals surface area contributed by atoms with Gasteiger partial charge in [0.15, 0.2) is 0 Å². The van der Waals surface area contributed by atoms with Crippen LogP contribution in [0.5, 0.6) is 5.75 Å². The molecule has 0 radical (unpaired) electrons. The fourth-order valence-corrected chi connectivity index (χ4v) is 2.67. The Kier molecular flexibility index (Phi) is 3.01. The van der Waals surface area contributed by atoms with Crippen LogP contribution in [0.15, 0.2) is 54.6 Å². The number of fused-ring (bicyclic) bond motifs is 1. The lowest BCUT2D eigenvalue weighted by Crippen LogP contribution is -2.31. The Morgan fingerprint density at radius 1 is 1.00 bits per heavy atom. The second-order valence-corrected chi connectivity index (χ2v) is 5.68. The van der Waals surface area contributed by atoms with Gasteiger partial charge in [-0.25, -0.2) is 0 Å². The average Bonchev–Trinajstić information content (AvgIpc) is 2.45. The van der Waals surface area contributed by atoms with Crippen molar-refractivity contribution in [1.82, 2.24) is 0 Å². The molecule has 2 heteroatoms. The van der Waals surface area contributed by atoms with Crippen LogP contribution in [0.4, 0.5) is 5.69 Å². The molecule has 0 saturated carbocycles. The summed E-state index contributed by atoms with van der Waals surface area (Å²) in [5.41, 5.74) is 4.78. The minimum absolute atomic E-state index is 0.0788. The highest BCUT2D eigenvalue weighted by Gasteiger charge is 2.25. The van der Waals surface area contributed by atoms with E-state index in [2.05, 4.69) is 61.6 Å². The summed E-state index contributed by atoms with van der Waals surface area (Å²) in [4.78, 5) is 0. The van der Waals surface area contributed by atoms with Crippen LogP contribution in [0.25, 0.3) is 5.57 Å². The summed E-state index contributed by atoms with van der Waals surface area (Å²) < 4.78 is 5.33. The largest absolute Gasteiger partial charge is 0.497 e. The van der Waals surface area contributed by atoms with E-state index in [4.69, 9.17) is 4.74 Å². The Labute approximate surface area is 120 Å². The summed E-state index contributed by atoms with van der Waals surface area (Å²) in [6.45, 7) is 4.36. The van der Waals surface area contributed by atoms with Crippen LogP contribution >= 0.6 is 0 Å². The Morgan fingerprint density at radius 3 is 2.45 bits per heavy atom. The third-order valence-electron chi connectivity index (χ3n) is 3.56. The van der Waals surface area contributed by atoms with Crippen LogP contribution in [0, 0.1) is 0 Å². The second-order valence-electron chi connectivity index (χ2n) is 5.68. The smallest absolute Gasteiger partial charge is 0.120 e. The Hall–Kier alpha value is -2.22. The molecule has 0 aliphatic carbocycles. The quantitative estimate of drug-likeness (QED) is 0.872. The van der Waals surface area contributed by atoms with E-state index in [-0.39, 0.29) is 5.54 Å². The van der Waals surface area contributed by atoms with Gasteiger partial charge in [-0.15, -0.1) is 0 Å². The molecule has 1 N–H and O–H groups in total. The van der Waals surface area contributed by atoms with Crippen LogP contribution in [-0.2, 0) is 0 Å². The van der Waals surface area contributed by atoms with Crippen molar-refractivity contribution in [2.75, 3.05) is 12.4 Å². The number of methoxy groups -OCH3 is 1. The first-order valence-corrected chi connectivity index (χ1v) is 6.84. The lowest BCUT2D eigenvalue weighted by molar-refractivity contribution is 0.415. The van der Waals surface area contributed by atoms with E-state index in [9.17, 15) is 0 Å². The SMILES string of the molecule is COc1ccc2c(c1)NC(C)(C)C=C2c1ccccc1. The molecule has 0 spiro atoms. The molecule has 3 rings (SSSR count). The van der Waals surface area contributed by atoms with E-state index >= 15 is 0 Å². The van der Waals surface area contributed by atoms with Crippen molar-refractivity contribution in [3.05, 3.63) is 65.7 Å². The normalized spacial score (nSPS) is 15.8. The van der Waals surface area contributed by atoms with Crippen LogP contribution < -0.4 is 10.1 Å². The van der Waals surface area contributed by atoms with Crippen LogP contribution in [0.3, 0.4) is 0 Å². The maximum atomic E-state index is 5.33. The molecule has 0 unspecified atom stereocenters. The van der Waals surface area contributed by atoms with Gasteiger partial charge >= 0.3 is 0 Å². The molecule has 1 heterocycles. The minimum atomic E-state index is -0.0788. The number of ether oxygens (including phenoxy) is 1. The lowest BCUT2D eigenvalue weighted by Gasteiger charge is -2.32. The summed E-state index contributed by atoms with van der Waals surface area (Å²) in [5.74, 6) is 0.876. The van der Waals surface area contributed by atoms with E-state index in [1.165, 1.54) is 16.7 Å². The first-order chi connectivity index (χ1) is 9.59. The number of rotatable bonds is 2. The highest BCUT2D eigenvalue weighted by Crippen LogP contribution is 2.39. The molecule has 1 aliphatic rings. The minimum Gasteiger partial charge on any atom is -0.497 e. The third-order valence-corrected chi connectivity index (χ3v) is 3.56. The first kappa shape index (κ1) is 12.8. The van der Waals surface area contributed by atoms with Crippen molar-refractivity contribution in [2.45, 2.75) is 19.4 Å². The first-order valence-electron chi connectivity index (χ1n) is 6.84. The molecule has 0 aromatic heterocycles.